The Morgan fingerprint density at radius 3 is 3.10 bits per heavy atom. The number of hydrogen-bond donors (Lipinski definition) is 0. The Balaban J connectivity index is 2.91. The number of aromatic nitrogens is 3. The molecule has 2 heterocycles. The fraction of sp³-hybridized carbons (Fsp3) is 0. The summed E-state index contributed by atoms with van der Waals surface area (Å²) in [6, 6.07) is 1.76. The van der Waals surface area contributed by atoms with Crippen LogP contribution in [0.25, 0.3) is 10.8 Å². The smallest absolute Gasteiger partial charge is 0.0867 e. The van der Waals surface area contributed by atoms with Crippen LogP contribution in [0.3, 0.4) is 0 Å². The van der Waals surface area contributed by atoms with Crippen molar-refractivity contribution in [3.8, 4) is 0 Å². The summed E-state index contributed by atoms with van der Waals surface area (Å²) >= 11 is 0. The monoisotopic (exact) mass is 132 g/mol. The quantitative estimate of drug-likeness (QED) is 0.537. The molecule has 0 saturated heterocycles. The Kier molecular flexibility index (Phi) is 0.875. The van der Waals surface area contributed by atoms with Crippen LogP contribution in [0.5, 0.6) is 0 Å². The van der Waals surface area contributed by atoms with Crippen molar-refractivity contribution in [3.63, 3.8) is 0 Å². The predicted molar refractivity (Wildman–Crippen MR) is 37.3 cm³/mol. The van der Waals surface area contributed by atoms with Gasteiger partial charge in [-0.25, -0.2) is 0 Å². The van der Waals surface area contributed by atoms with Gasteiger partial charge in [-0.15, -0.1) is 0 Å². The maximum atomic E-state index is 7.36. The van der Waals surface area contributed by atoms with Crippen LogP contribution in [-0.2, 0) is 0 Å². The van der Waals surface area contributed by atoms with E-state index in [0.717, 1.165) is 10.8 Å². The molecule has 0 saturated carbocycles. The third-order valence-corrected chi connectivity index (χ3v) is 1.28. The second kappa shape index (κ2) is 2.02. The van der Waals surface area contributed by atoms with Crippen molar-refractivity contribution < 1.29 is 1.37 Å². The van der Waals surface area contributed by atoms with E-state index in [1.54, 1.807) is 24.7 Å². The van der Waals surface area contributed by atoms with Gasteiger partial charge in [-0.3, -0.25) is 4.98 Å². The van der Waals surface area contributed by atoms with E-state index >= 15 is 0 Å². The first-order valence-electron chi connectivity index (χ1n) is 3.40. The summed E-state index contributed by atoms with van der Waals surface area (Å²) in [5, 5.41) is 8.87. The zero-order valence-corrected chi connectivity index (χ0v) is 5.15. The molecule has 0 bridgehead atoms. The molecule has 3 nitrogen and oxygen atoms in total. The third-order valence-electron chi connectivity index (χ3n) is 1.28. The lowest BCUT2D eigenvalue weighted by molar-refractivity contribution is 1.05. The molecular weight excluding hydrogens is 126 g/mol. The van der Waals surface area contributed by atoms with E-state index in [1.165, 1.54) is 0 Å². The minimum absolute atomic E-state index is 0.199. The van der Waals surface area contributed by atoms with Gasteiger partial charge in [-0.2, -0.15) is 10.2 Å². The Morgan fingerprint density at radius 1 is 1.20 bits per heavy atom. The first-order chi connectivity index (χ1) is 5.38. The van der Waals surface area contributed by atoms with Crippen LogP contribution < -0.4 is 0 Å². The molecule has 0 aliphatic rings. The Bertz CT molecular complexity index is 383. The Morgan fingerprint density at radius 2 is 2.20 bits per heavy atom. The third kappa shape index (κ3) is 0.719. The van der Waals surface area contributed by atoms with Gasteiger partial charge in [0.05, 0.1) is 13.7 Å². The molecule has 2 rings (SSSR count). The highest BCUT2D eigenvalue weighted by Gasteiger charge is 1.88. The summed E-state index contributed by atoms with van der Waals surface area (Å²) in [6.45, 7) is 0. The lowest BCUT2D eigenvalue weighted by Gasteiger charge is -1.90. The molecule has 0 N–H and O–H groups in total. The largest absolute Gasteiger partial charge is 0.264 e. The number of nitrogens with zero attached hydrogens (tertiary/aromatic N) is 3. The molecule has 3 heteroatoms. The van der Waals surface area contributed by atoms with E-state index in [-0.39, 0.29) is 6.17 Å². The fourth-order valence-corrected chi connectivity index (χ4v) is 0.785. The van der Waals surface area contributed by atoms with Crippen molar-refractivity contribution in [2.24, 2.45) is 0 Å². The van der Waals surface area contributed by atoms with E-state index in [1.807, 2.05) is 0 Å². The molecule has 0 amide bonds. The SMILES string of the molecule is [2H]c1nncc2cnccc12. The van der Waals surface area contributed by atoms with Crippen molar-refractivity contribution in [1.29, 1.82) is 0 Å². The van der Waals surface area contributed by atoms with E-state index in [0.29, 0.717) is 0 Å². The van der Waals surface area contributed by atoms with E-state index in [4.69, 9.17) is 1.37 Å². The van der Waals surface area contributed by atoms with Gasteiger partial charge in [0.1, 0.15) is 0 Å². The molecule has 0 spiro atoms. The van der Waals surface area contributed by atoms with Gasteiger partial charge in [0, 0.05) is 23.2 Å². The minimum atomic E-state index is 0.199. The zero-order chi connectivity index (χ0) is 7.68. The highest BCUT2D eigenvalue weighted by molar-refractivity contribution is 5.79. The highest BCUT2D eigenvalue weighted by atomic mass is 15.1. The minimum Gasteiger partial charge on any atom is -0.264 e. The first-order valence-corrected chi connectivity index (χ1v) is 2.90. The molecule has 48 valence electrons. The van der Waals surface area contributed by atoms with Gasteiger partial charge < -0.3 is 0 Å². The average molecular weight is 132 g/mol. The van der Waals surface area contributed by atoms with Crippen LogP contribution in [-0.4, -0.2) is 15.2 Å². The van der Waals surface area contributed by atoms with Gasteiger partial charge in [0.15, 0.2) is 0 Å². The lowest BCUT2D eigenvalue weighted by atomic mass is 10.3. The Hall–Kier alpha value is -1.51. The van der Waals surface area contributed by atoms with Gasteiger partial charge >= 0.3 is 0 Å². The standard InChI is InChI=1S/C7H5N3/c1-2-8-3-7-5-10-9-4-6(1)7/h1-5H/i4D. The van der Waals surface area contributed by atoms with Crippen molar-refractivity contribution >= 4 is 10.8 Å². The first kappa shape index (κ1) is 4.33. The summed E-state index contributed by atoms with van der Waals surface area (Å²) in [5.41, 5.74) is 0. The summed E-state index contributed by atoms with van der Waals surface area (Å²) < 4.78 is 7.36. The molecule has 0 unspecified atom stereocenters. The van der Waals surface area contributed by atoms with Gasteiger partial charge in [0.25, 0.3) is 0 Å². The maximum absolute atomic E-state index is 7.36. The molecule has 2 aromatic rings. The molecule has 10 heavy (non-hydrogen) atoms. The number of pyridine rings is 1. The molecule has 0 fully saturated rings. The molecule has 0 aliphatic heterocycles. The van der Waals surface area contributed by atoms with E-state index in [2.05, 4.69) is 15.2 Å². The van der Waals surface area contributed by atoms with Crippen molar-refractivity contribution in [2.45, 2.75) is 0 Å². The second-order valence-corrected chi connectivity index (χ2v) is 1.92. The highest BCUT2D eigenvalue weighted by Crippen LogP contribution is 2.06. The Labute approximate surface area is 59.1 Å². The maximum Gasteiger partial charge on any atom is 0.0867 e. The van der Waals surface area contributed by atoms with Crippen molar-refractivity contribution in [1.82, 2.24) is 15.2 Å². The predicted octanol–water partition coefficient (Wildman–Crippen LogP) is 1.02. The summed E-state index contributed by atoms with van der Waals surface area (Å²) in [7, 11) is 0. The molecule has 0 radical (unpaired) electrons. The van der Waals surface area contributed by atoms with E-state index < -0.39 is 0 Å². The van der Waals surface area contributed by atoms with Crippen LogP contribution >= 0.6 is 0 Å². The lowest BCUT2D eigenvalue weighted by Crippen LogP contribution is -1.79. The zero-order valence-electron chi connectivity index (χ0n) is 6.15. The van der Waals surface area contributed by atoms with E-state index in [9.17, 15) is 0 Å². The van der Waals surface area contributed by atoms with Crippen molar-refractivity contribution in [3.05, 3.63) is 30.8 Å². The van der Waals surface area contributed by atoms with Crippen LogP contribution in [0, 0.1) is 0 Å². The van der Waals surface area contributed by atoms with Gasteiger partial charge in [-0.1, -0.05) is 0 Å². The second-order valence-electron chi connectivity index (χ2n) is 1.92. The van der Waals surface area contributed by atoms with Crippen LogP contribution in [0.4, 0.5) is 0 Å². The number of hydrogen-bond acceptors (Lipinski definition) is 3. The topological polar surface area (TPSA) is 38.7 Å². The average Bonchev–Trinajstić information content (AvgIpc) is 2.06. The molecule has 2 aromatic heterocycles. The molecule has 0 aromatic carbocycles. The summed E-state index contributed by atoms with van der Waals surface area (Å²) in [6.07, 6.45) is 5.11. The molecule has 0 aliphatic carbocycles. The fourth-order valence-electron chi connectivity index (χ4n) is 0.785. The number of rotatable bonds is 0. The van der Waals surface area contributed by atoms with Crippen LogP contribution in [0.1, 0.15) is 1.37 Å². The molecule has 0 atom stereocenters. The normalized spacial score (nSPS) is 11.4. The summed E-state index contributed by atoms with van der Waals surface area (Å²) in [4.78, 5) is 3.90. The van der Waals surface area contributed by atoms with Gasteiger partial charge in [0.2, 0.25) is 0 Å². The number of fused-ring (bicyclic) bond motifs is 1. The van der Waals surface area contributed by atoms with Crippen LogP contribution in [0.2, 0.25) is 0 Å². The van der Waals surface area contributed by atoms with Crippen LogP contribution in [0.15, 0.2) is 30.8 Å². The van der Waals surface area contributed by atoms with Gasteiger partial charge in [-0.05, 0) is 6.07 Å². The summed E-state index contributed by atoms with van der Waals surface area (Å²) in [5.74, 6) is 0. The van der Waals surface area contributed by atoms with Crippen molar-refractivity contribution in [2.75, 3.05) is 0 Å². The molecular formula is C7H5N3.